The van der Waals surface area contributed by atoms with E-state index in [-0.39, 0.29) is 35.7 Å². The summed E-state index contributed by atoms with van der Waals surface area (Å²) in [7, 11) is 0. The van der Waals surface area contributed by atoms with Crippen molar-refractivity contribution in [1.82, 2.24) is 0 Å². The SMILES string of the molecule is CC1(C)CCCC(C)(C)C1[NH-].[Li+]. The van der Waals surface area contributed by atoms with E-state index in [1.165, 1.54) is 19.3 Å². The Hall–Kier alpha value is 0.557. The zero-order chi connectivity index (χ0) is 8.70. The molecule has 1 saturated carbocycles. The smallest absolute Gasteiger partial charge is 0.674 e. The third-order valence-corrected chi connectivity index (χ3v) is 3.21. The minimum atomic E-state index is 0. The average Bonchev–Trinajstić information content (AvgIpc) is 1.82. The first-order valence-electron chi connectivity index (χ1n) is 4.57. The first-order valence-corrected chi connectivity index (χ1v) is 4.57. The van der Waals surface area contributed by atoms with Gasteiger partial charge >= 0.3 is 18.9 Å². The molecule has 0 aliphatic heterocycles. The fraction of sp³-hybridized carbons (Fsp3) is 1.00. The molecule has 1 fully saturated rings. The summed E-state index contributed by atoms with van der Waals surface area (Å²) in [4.78, 5) is 0. The molecule has 1 rings (SSSR count). The van der Waals surface area contributed by atoms with Gasteiger partial charge in [0.05, 0.1) is 0 Å². The minimum absolute atomic E-state index is 0. The van der Waals surface area contributed by atoms with Gasteiger partial charge in [0.25, 0.3) is 0 Å². The minimum Gasteiger partial charge on any atom is -0.674 e. The molecule has 0 saturated heterocycles. The van der Waals surface area contributed by atoms with Gasteiger partial charge in [0.15, 0.2) is 0 Å². The Kier molecular flexibility index (Phi) is 3.91. The van der Waals surface area contributed by atoms with Crippen molar-refractivity contribution in [1.29, 1.82) is 0 Å². The van der Waals surface area contributed by atoms with Crippen molar-refractivity contribution in [3.63, 3.8) is 0 Å². The van der Waals surface area contributed by atoms with Crippen molar-refractivity contribution in [2.75, 3.05) is 0 Å². The van der Waals surface area contributed by atoms with Crippen LogP contribution < -0.4 is 18.9 Å². The van der Waals surface area contributed by atoms with Crippen LogP contribution in [-0.4, -0.2) is 6.04 Å². The summed E-state index contributed by atoms with van der Waals surface area (Å²) in [6.45, 7) is 8.91. The molecule has 0 bridgehead atoms. The summed E-state index contributed by atoms with van der Waals surface area (Å²) in [5, 5.41) is 0. The number of nitrogens with one attached hydrogen (secondary N) is 1. The van der Waals surface area contributed by atoms with E-state index in [1.807, 2.05) is 0 Å². The van der Waals surface area contributed by atoms with Gasteiger partial charge in [0.2, 0.25) is 0 Å². The molecule has 0 aromatic rings. The molecule has 1 aliphatic carbocycles. The molecule has 0 aromatic carbocycles. The van der Waals surface area contributed by atoms with Crippen LogP contribution in [0.25, 0.3) is 5.73 Å². The third kappa shape index (κ3) is 2.28. The number of hydrogen-bond donors (Lipinski definition) is 0. The van der Waals surface area contributed by atoms with Gasteiger partial charge in [0, 0.05) is 0 Å². The zero-order valence-corrected chi connectivity index (χ0v) is 9.20. The molecule has 1 N–H and O–H groups in total. The van der Waals surface area contributed by atoms with Gasteiger partial charge < -0.3 is 5.73 Å². The van der Waals surface area contributed by atoms with Gasteiger partial charge in [0.1, 0.15) is 0 Å². The van der Waals surface area contributed by atoms with Crippen molar-refractivity contribution in [3.8, 4) is 0 Å². The van der Waals surface area contributed by atoms with E-state index in [0.717, 1.165) is 0 Å². The van der Waals surface area contributed by atoms with Gasteiger partial charge in [-0.25, -0.2) is 0 Å². The molecule has 1 aliphatic rings. The second kappa shape index (κ2) is 3.74. The topological polar surface area (TPSA) is 23.8 Å². The Balaban J connectivity index is 0.00000121. The fourth-order valence-electron chi connectivity index (χ4n) is 2.35. The van der Waals surface area contributed by atoms with E-state index in [1.54, 1.807) is 0 Å². The number of rotatable bonds is 0. The first-order chi connectivity index (χ1) is 4.86. The van der Waals surface area contributed by atoms with E-state index in [9.17, 15) is 0 Å². The number of hydrogen-bond acceptors (Lipinski definition) is 0. The largest absolute Gasteiger partial charge is 1.00 e. The Bertz CT molecular complexity index is 136. The molecule has 0 spiro atoms. The van der Waals surface area contributed by atoms with Gasteiger partial charge in [-0.3, -0.25) is 0 Å². The van der Waals surface area contributed by atoms with Crippen LogP contribution in [0.2, 0.25) is 0 Å². The predicted octanol–water partition coefficient (Wildman–Crippen LogP) is 0.647. The molecule has 2 heteroatoms. The summed E-state index contributed by atoms with van der Waals surface area (Å²) in [5.74, 6) is 0. The quantitative estimate of drug-likeness (QED) is 0.466. The van der Waals surface area contributed by atoms with Crippen LogP contribution in [0.3, 0.4) is 0 Å². The molecule has 0 radical (unpaired) electrons. The summed E-state index contributed by atoms with van der Waals surface area (Å²) in [5.41, 5.74) is 8.55. The fourth-order valence-corrected chi connectivity index (χ4v) is 2.35. The van der Waals surface area contributed by atoms with Gasteiger partial charge in [-0.1, -0.05) is 44.9 Å². The first kappa shape index (κ1) is 12.6. The van der Waals surface area contributed by atoms with Crippen LogP contribution in [-0.2, 0) is 0 Å². The van der Waals surface area contributed by atoms with Gasteiger partial charge in [-0.05, 0) is 12.8 Å². The molecule has 0 aromatic heterocycles. The molecule has 0 atom stereocenters. The van der Waals surface area contributed by atoms with Crippen LogP contribution in [0.5, 0.6) is 0 Å². The maximum absolute atomic E-state index is 8.08. The average molecular weight is 161 g/mol. The van der Waals surface area contributed by atoms with Crippen LogP contribution in [0.4, 0.5) is 0 Å². The van der Waals surface area contributed by atoms with E-state index in [0.29, 0.717) is 0 Å². The molecule has 12 heavy (non-hydrogen) atoms. The van der Waals surface area contributed by atoms with Gasteiger partial charge in [-0.2, -0.15) is 0 Å². The zero-order valence-electron chi connectivity index (χ0n) is 9.20. The van der Waals surface area contributed by atoms with E-state index in [4.69, 9.17) is 5.73 Å². The predicted molar refractivity (Wildman–Crippen MR) is 49.5 cm³/mol. The van der Waals surface area contributed by atoms with Gasteiger partial charge in [-0.15, -0.1) is 6.04 Å². The third-order valence-electron chi connectivity index (χ3n) is 3.21. The van der Waals surface area contributed by atoms with E-state index >= 15 is 0 Å². The molecule has 0 amide bonds. The Morgan fingerprint density at radius 1 is 1.00 bits per heavy atom. The van der Waals surface area contributed by atoms with Crippen LogP contribution in [0.15, 0.2) is 0 Å². The molecule has 66 valence electrons. The second-order valence-electron chi connectivity index (χ2n) is 5.26. The maximum atomic E-state index is 8.08. The Labute approximate surface area is 88.7 Å². The molecule has 0 heterocycles. The summed E-state index contributed by atoms with van der Waals surface area (Å²) < 4.78 is 0. The summed E-state index contributed by atoms with van der Waals surface area (Å²) in [6.07, 6.45) is 3.75. The summed E-state index contributed by atoms with van der Waals surface area (Å²) >= 11 is 0. The van der Waals surface area contributed by atoms with E-state index < -0.39 is 0 Å². The van der Waals surface area contributed by atoms with Crippen molar-refractivity contribution >= 4 is 0 Å². The normalized spacial score (nSPS) is 27.8. The van der Waals surface area contributed by atoms with Crippen LogP contribution >= 0.6 is 0 Å². The van der Waals surface area contributed by atoms with Crippen molar-refractivity contribution in [3.05, 3.63) is 5.73 Å². The second-order valence-corrected chi connectivity index (χ2v) is 5.26. The molecule has 1 nitrogen and oxygen atoms in total. The maximum Gasteiger partial charge on any atom is 1.00 e. The van der Waals surface area contributed by atoms with Crippen molar-refractivity contribution < 1.29 is 18.9 Å². The van der Waals surface area contributed by atoms with Crippen molar-refractivity contribution in [2.24, 2.45) is 10.8 Å². The Morgan fingerprint density at radius 2 is 1.33 bits per heavy atom. The molecule has 0 unspecified atom stereocenters. The monoisotopic (exact) mass is 161 g/mol. The van der Waals surface area contributed by atoms with Crippen molar-refractivity contribution in [2.45, 2.75) is 53.0 Å². The van der Waals surface area contributed by atoms with Crippen LogP contribution in [0.1, 0.15) is 47.0 Å². The van der Waals surface area contributed by atoms with Crippen LogP contribution in [0, 0.1) is 10.8 Å². The summed E-state index contributed by atoms with van der Waals surface area (Å²) in [6, 6.07) is 0.115. The van der Waals surface area contributed by atoms with E-state index in [2.05, 4.69) is 27.7 Å². The molecular formula is C10H20LiN. The molecular weight excluding hydrogens is 141 g/mol. The Morgan fingerprint density at radius 3 is 1.58 bits per heavy atom. The standard InChI is InChI=1S/C10H20N.Li/c1-9(2)6-5-7-10(3,4)8(9)11;/h8,11H,5-7H2,1-4H3;/q-1;+1.